The van der Waals surface area contributed by atoms with Crippen LogP contribution >= 0.6 is 0 Å². The number of hydrogen-bond acceptors (Lipinski definition) is 4. The molecule has 15 heavy (non-hydrogen) atoms. The summed E-state index contributed by atoms with van der Waals surface area (Å²) in [7, 11) is 1.78. The SMILES string of the molecule is C[C@@H]1OCC[C@]2(C)OC(C(=O)O)N(C)[C@H]12. The molecule has 0 aromatic heterocycles. The predicted molar refractivity (Wildman–Crippen MR) is 52.5 cm³/mol. The van der Waals surface area contributed by atoms with E-state index in [1.54, 1.807) is 11.9 Å². The maximum absolute atomic E-state index is 11.0. The Kier molecular flexibility index (Phi) is 2.48. The van der Waals surface area contributed by atoms with Gasteiger partial charge in [0.2, 0.25) is 6.23 Å². The zero-order valence-electron chi connectivity index (χ0n) is 9.27. The van der Waals surface area contributed by atoms with Crippen molar-refractivity contribution in [2.45, 2.75) is 44.2 Å². The van der Waals surface area contributed by atoms with Crippen LogP contribution in [0.1, 0.15) is 20.3 Å². The second-order valence-corrected chi connectivity index (χ2v) is 4.56. The number of carboxylic acids is 1. The third-order valence-corrected chi connectivity index (χ3v) is 3.45. The summed E-state index contributed by atoms with van der Waals surface area (Å²) in [6.07, 6.45) is -0.0851. The van der Waals surface area contributed by atoms with Gasteiger partial charge in [0.15, 0.2) is 0 Å². The Labute approximate surface area is 89.0 Å². The van der Waals surface area contributed by atoms with E-state index >= 15 is 0 Å². The summed E-state index contributed by atoms with van der Waals surface area (Å²) >= 11 is 0. The summed E-state index contributed by atoms with van der Waals surface area (Å²) in [5.41, 5.74) is -0.393. The number of hydrogen-bond donors (Lipinski definition) is 1. The van der Waals surface area contributed by atoms with E-state index in [-0.39, 0.29) is 12.1 Å². The fourth-order valence-electron chi connectivity index (χ4n) is 2.78. The van der Waals surface area contributed by atoms with Crippen LogP contribution in [0.25, 0.3) is 0 Å². The Morgan fingerprint density at radius 3 is 2.80 bits per heavy atom. The van der Waals surface area contributed by atoms with E-state index in [4.69, 9.17) is 14.6 Å². The molecule has 2 aliphatic rings. The lowest BCUT2D eigenvalue weighted by Gasteiger charge is -2.40. The van der Waals surface area contributed by atoms with Gasteiger partial charge in [0.05, 0.1) is 17.7 Å². The summed E-state index contributed by atoms with van der Waals surface area (Å²) in [5.74, 6) is -0.930. The maximum Gasteiger partial charge on any atom is 0.348 e. The van der Waals surface area contributed by atoms with Crippen molar-refractivity contribution >= 4 is 5.97 Å². The van der Waals surface area contributed by atoms with E-state index in [1.165, 1.54) is 0 Å². The number of fused-ring (bicyclic) bond motifs is 1. The van der Waals surface area contributed by atoms with Crippen LogP contribution in [0.4, 0.5) is 0 Å². The molecule has 5 nitrogen and oxygen atoms in total. The minimum atomic E-state index is -0.930. The van der Waals surface area contributed by atoms with Gasteiger partial charge in [-0.15, -0.1) is 0 Å². The molecule has 2 aliphatic heterocycles. The molecule has 2 fully saturated rings. The number of aliphatic carboxylic acids is 1. The van der Waals surface area contributed by atoms with Crippen molar-refractivity contribution in [2.75, 3.05) is 13.7 Å². The average Bonchev–Trinajstić information content (AvgIpc) is 2.39. The normalized spacial score (nSPS) is 46.5. The Bertz CT molecular complexity index is 283. The highest BCUT2D eigenvalue weighted by Gasteiger charge is 2.55. The van der Waals surface area contributed by atoms with E-state index in [1.807, 2.05) is 13.8 Å². The minimum Gasteiger partial charge on any atom is -0.478 e. The van der Waals surface area contributed by atoms with Gasteiger partial charge >= 0.3 is 5.97 Å². The standard InChI is InChI=1S/C10H17NO4/c1-6-7-10(2,4-5-14-6)15-8(9(12)13)11(7)3/h6-8H,4-5H2,1-3H3,(H,12,13)/t6-,7+,8?,10-/m0/s1. The summed E-state index contributed by atoms with van der Waals surface area (Å²) in [5, 5.41) is 9.02. The molecule has 0 saturated carbocycles. The highest BCUT2D eigenvalue weighted by molar-refractivity contribution is 5.72. The number of carboxylic acid groups (broad SMARTS) is 1. The van der Waals surface area contributed by atoms with Gasteiger partial charge in [-0.3, -0.25) is 4.90 Å². The zero-order valence-corrected chi connectivity index (χ0v) is 9.27. The molecule has 0 amide bonds. The van der Waals surface area contributed by atoms with Crippen LogP contribution in [0.2, 0.25) is 0 Å². The first-order valence-electron chi connectivity index (χ1n) is 5.20. The molecule has 2 saturated heterocycles. The topological polar surface area (TPSA) is 59.0 Å². The van der Waals surface area contributed by atoms with Crippen LogP contribution < -0.4 is 0 Å². The molecule has 5 heteroatoms. The van der Waals surface area contributed by atoms with Gasteiger partial charge in [-0.2, -0.15) is 0 Å². The molecule has 0 bridgehead atoms. The Hall–Kier alpha value is -0.650. The highest BCUT2D eigenvalue weighted by Crippen LogP contribution is 2.39. The van der Waals surface area contributed by atoms with E-state index in [9.17, 15) is 4.79 Å². The van der Waals surface area contributed by atoms with Crippen LogP contribution in [0.15, 0.2) is 0 Å². The lowest BCUT2D eigenvalue weighted by atomic mass is 9.87. The number of carbonyl (C=O) groups is 1. The van der Waals surface area contributed by atoms with Crippen molar-refractivity contribution in [3.8, 4) is 0 Å². The molecule has 0 aliphatic carbocycles. The summed E-state index contributed by atoms with van der Waals surface area (Å²) < 4.78 is 11.2. The first-order chi connectivity index (χ1) is 6.96. The third kappa shape index (κ3) is 1.55. The van der Waals surface area contributed by atoms with Gasteiger partial charge in [0.25, 0.3) is 0 Å². The van der Waals surface area contributed by atoms with E-state index in [0.717, 1.165) is 6.42 Å². The number of rotatable bonds is 1. The molecule has 0 aromatic carbocycles. The van der Waals surface area contributed by atoms with Crippen molar-refractivity contribution in [3.63, 3.8) is 0 Å². The first-order valence-corrected chi connectivity index (χ1v) is 5.20. The minimum absolute atomic E-state index is 0.0121. The second kappa shape index (κ2) is 3.43. The molecule has 86 valence electrons. The molecule has 2 heterocycles. The summed E-state index contributed by atoms with van der Waals surface area (Å²) in [6.45, 7) is 4.57. The monoisotopic (exact) mass is 215 g/mol. The predicted octanol–water partition coefficient (Wildman–Crippen LogP) is 0.295. The molecule has 0 radical (unpaired) electrons. The fourth-order valence-corrected chi connectivity index (χ4v) is 2.78. The van der Waals surface area contributed by atoms with Crippen molar-refractivity contribution in [2.24, 2.45) is 0 Å². The quantitative estimate of drug-likeness (QED) is 0.681. The molecular weight excluding hydrogens is 198 g/mol. The van der Waals surface area contributed by atoms with E-state index < -0.39 is 17.8 Å². The van der Waals surface area contributed by atoms with Crippen molar-refractivity contribution in [3.05, 3.63) is 0 Å². The van der Waals surface area contributed by atoms with Gasteiger partial charge in [0, 0.05) is 13.0 Å². The molecule has 0 spiro atoms. The van der Waals surface area contributed by atoms with Crippen molar-refractivity contribution < 1.29 is 19.4 Å². The summed E-state index contributed by atoms with van der Waals surface area (Å²) in [6, 6.07) is 0.0207. The molecule has 1 unspecified atom stereocenters. The fraction of sp³-hybridized carbons (Fsp3) is 0.900. The second-order valence-electron chi connectivity index (χ2n) is 4.56. The maximum atomic E-state index is 11.0. The molecule has 1 N–H and O–H groups in total. The van der Waals surface area contributed by atoms with Gasteiger partial charge in [-0.05, 0) is 20.9 Å². The molecular formula is C10H17NO4. The van der Waals surface area contributed by atoms with E-state index in [2.05, 4.69) is 0 Å². The molecule has 4 atom stereocenters. The highest BCUT2D eigenvalue weighted by atomic mass is 16.6. The van der Waals surface area contributed by atoms with E-state index in [0.29, 0.717) is 6.61 Å². The Balaban J connectivity index is 2.26. The van der Waals surface area contributed by atoms with Gasteiger partial charge in [0.1, 0.15) is 0 Å². The van der Waals surface area contributed by atoms with Gasteiger partial charge in [-0.1, -0.05) is 0 Å². The van der Waals surface area contributed by atoms with Crippen LogP contribution in [0, 0.1) is 0 Å². The zero-order chi connectivity index (χ0) is 11.2. The van der Waals surface area contributed by atoms with Crippen LogP contribution in [0.5, 0.6) is 0 Å². The Morgan fingerprint density at radius 1 is 1.60 bits per heavy atom. The van der Waals surface area contributed by atoms with Gasteiger partial charge in [-0.25, -0.2) is 4.79 Å². The lowest BCUT2D eigenvalue weighted by Crippen LogP contribution is -2.54. The van der Waals surface area contributed by atoms with Gasteiger partial charge < -0.3 is 14.6 Å². The van der Waals surface area contributed by atoms with Crippen molar-refractivity contribution in [1.29, 1.82) is 0 Å². The third-order valence-electron chi connectivity index (χ3n) is 3.45. The molecule has 0 aromatic rings. The number of ether oxygens (including phenoxy) is 2. The number of likely N-dealkylation sites (N-methyl/N-ethyl adjacent to an activating group) is 1. The number of nitrogens with zero attached hydrogens (tertiary/aromatic N) is 1. The van der Waals surface area contributed by atoms with Crippen LogP contribution in [-0.2, 0) is 14.3 Å². The average molecular weight is 215 g/mol. The lowest BCUT2D eigenvalue weighted by molar-refractivity contribution is -0.162. The smallest absolute Gasteiger partial charge is 0.348 e. The summed E-state index contributed by atoms with van der Waals surface area (Å²) in [4.78, 5) is 12.8. The first kappa shape index (κ1) is 10.9. The Morgan fingerprint density at radius 2 is 2.27 bits per heavy atom. The van der Waals surface area contributed by atoms with Crippen LogP contribution in [-0.4, -0.2) is 53.6 Å². The largest absolute Gasteiger partial charge is 0.478 e. The van der Waals surface area contributed by atoms with Crippen LogP contribution in [0.3, 0.4) is 0 Å². The van der Waals surface area contributed by atoms with Crippen molar-refractivity contribution in [1.82, 2.24) is 4.90 Å². The molecule has 2 rings (SSSR count).